The van der Waals surface area contributed by atoms with Crippen molar-refractivity contribution in [2.24, 2.45) is 0 Å². The van der Waals surface area contributed by atoms with Crippen LogP contribution < -0.4 is 0 Å². The molecule has 0 unspecified atom stereocenters. The number of phosphoric acid groups is 1. The van der Waals surface area contributed by atoms with Gasteiger partial charge in [0.25, 0.3) is 0 Å². The minimum Gasteiger partial charge on any atom is -0.387 e. The van der Waals surface area contributed by atoms with Crippen molar-refractivity contribution in [3.63, 3.8) is 0 Å². The fourth-order valence-electron chi connectivity index (χ4n) is 1.22. The van der Waals surface area contributed by atoms with Gasteiger partial charge < -0.3 is 29.8 Å². The Kier molecular flexibility index (Phi) is 4.38. The van der Waals surface area contributed by atoms with Crippen molar-refractivity contribution < 1.29 is 43.3 Å². The predicted molar refractivity (Wildman–Crippen MR) is 45.8 cm³/mol. The lowest BCUT2D eigenvalue weighted by atomic mass is 10.0. The molecule has 1 fully saturated rings. The Labute approximate surface area is 89.5 Å². The highest BCUT2D eigenvalue weighted by Gasteiger charge is 2.44. The minimum atomic E-state index is -4.76. The fourth-order valence-corrected chi connectivity index (χ4v) is 1.56. The molecule has 1 saturated heterocycles. The van der Waals surface area contributed by atoms with Crippen molar-refractivity contribution in [2.75, 3.05) is 6.61 Å². The molecule has 1 aliphatic rings. The number of phosphoric ester groups is 1. The maximum Gasteiger partial charge on any atom is 0.469 e. The smallest absolute Gasteiger partial charge is 0.387 e. The van der Waals surface area contributed by atoms with E-state index < -0.39 is 45.2 Å². The molecule has 0 aromatic carbocycles. The highest BCUT2D eigenvalue weighted by molar-refractivity contribution is 7.46. The van der Waals surface area contributed by atoms with E-state index in [4.69, 9.17) is 20.0 Å². The maximum absolute atomic E-state index is 12.9. The van der Waals surface area contributed by atoms with Gasteiger partial charge >= 0.3 is 7.82 Å². The summed E-state index contributed by atoms with van der Waals surface area (Å²) in [6, 6.07) is 0. The van der Waals surface area contributed by atoms with Gasteiger partial charge in [-0.25, -0.2) is 8.96 Å². The molecule has 1 rings (SSSR count). The van der Waals surface area contributed by atoms with Crippen LogP contribution in [0.3, 0.4) is 0 Å². The zero-order valence-corrected chi connectivity index (χ0v) is 8.77. The number of rotatable bonds is 3. The van der Waals surface area contributed by atoms with Crippen molar-refractivity contribution >= 4 is 7.82 Å². The molecule has 5 atom stereocenters. The Morgan fingerprint density at radius 2 is 1.81 bits per heavy atom. The fraction of sp³-hybridized carbons (Fsp3) is 1.00. The van der Waals surface area contributed by atoms with E-state index in [9.17, 15) is 14.1 Å². The Morgan fingerprint density at radius 3 is 2.31 bits per heavy atom. The third kappa shape index (κ3) is 3.44. The highest BCUT2D eigenvalue weighted by Crippen LogP contribution is 2.36. The third-order valence-corrected chi connectivity index (χ3v) is 2.54. The molecule has 0 spiro atoms. The first-order chi connectivity index (χ1) is 7.22. The second kappa shape index (κ2) is 5.03. The first-order valence-electron chi connectivity index (χ1n) is 4.26. The topological polar surface area (TPSA) is 137 Å². The largest absolute Gasteiger partial charge is 0.469 e. The number of alkyl halides is 1. The van der Waals surface area contributed by atoms with Crippen LogP contribution in [0.15, 0.2) is 0 Å². The molecule has 0 aromatic heterocycles. The van der Waals surface area contributed by atoms with Crippen LogP contribution in [0.2, 0.25) is 0 Å². The summed E-state index contributed by atoms with van der Waals surface area (Å²) in [6.07, 6.45) is -9.26. The number of hydrogen-bond acceptors (Lipinski definition) is 6. The van der Waals surface area contributed by atoms with Crippen molar-refractivity contribution in [3.8, 4) is 0 Å². The Bertz CT molecular complexity index is 282. The molecule has 0 bridgehead atoms. The molecule has 0 radical (unpaired) electrons. The van der Waals surface area contributed by atoms with E-state index in [0.29, 0.717) is 0 Å². The van der Waals surface area contributed by atoms with Gasteiger partial charge in [-0.1, -0.05) is 0 Å². The summed E-state index contributed by atoms with van der Waals surface area (Å²) in [4.78, 5) is 16.7. The summed E-state index contributed by atoms with van der Waals surface area (Å²) in [6.45, 7) is -0.785. The summed E-state index contributed by atoms with van der Waals surface area (Å²) in [5, 5.41) is 27.3. The molecule has 10 heteroatoms. The summed E-state index contributed by atoms with van der Waals surface area (Å²) in [5.41, 5.74) is 0. The quantitative estimate of drug-likeness (QED) is 0.364. The molecule has 16 heavy (non-hydrogen) atoms. The van der Waals surface area contributed by atoms with Gasteiger partial charge in [-0.15, -0.1) is 0 Å². The average molecular weight is 262 g/mol. The van der Waals surface area contributed by atoms with Crippen LogP contribution in [-0.4, -0.2) is 62.5 Å². The first-order valence-corrected chi connectivity index (χ1v) is 5.79. The maximum atomic E-state index is 12.9. The molecule has 0 aromatic rings. The van der Waals surface area contributed by atoms with Gasteiger partial charge in [0, 0.05) is 0 Å². The minimum absolute atomic E-state index is 0.785. The predicted octanol–water partition coefficient (Wildman–Crippen LogP) is -2.13. The third-order valence-electron chi connectivity index (χ3n) is 2.05. The van der Waals surface area contributed by atoms with Crippen LogP contribution in [-0.2, 0) is 13.8 Å². The summed E-state index contributed by atoms with van der Waals surface area (Å²) >= 11 is 0. The molecule has 8 nitrogen and oxygen atoms in total. The van der Waals surface area contributed by atoms with Gasteiger partial charge in [0.1, 0.15) is 18.3 Å². The molecule has 1 heterocycles. The van der Waals surface area contributed by atoms with Crippen LogP contribution in [0, 0.1) is 0 Å². The van der Waals surface area contributed by atoms with E-state index >= 15 is 0 Å². The molecule has 1 aliphatic heterocycles. The Hall–Kier alpha value is -0.120. The monoisotopic (exact) mass is 262 g/mol. The SMILES string of the molecule is O=P(O)(O)OC[C@H]1O[C@H](O)[C@H](F)[C@@H](O)[C@@H]1O. The van der Waals surface area contributed by atoms with Gasteiger partial charge in [0.05, 0.1) is 6.61 Å². The molecular weight excluding hydrogens is 250 g/mol. The Balaban J connectivity index is 2.57. The highest BCUT2D eigenvalue weighted by atomic mass is 31.2. The molecule has 5 N–H and O–H groups in total. The molecule has 0 amide bonds. The van der Waals surface area contributed by atoms with Crippen LogP contribution in [0.25, 0.3) is 0 Å². The average Bonchev–Trinajstić information content (AvgIpc) is 2.17. The number of halogens is 1. The van der Waals surface area contributed by atoms with Crippen molar-refractivity contribution in [1.29, 1.82) is 0 Å². The van der Waals surface area contributed by atoms with E-state index in [1.165, 1.54) is 0 Å². The summed E-state index contributed by atoms with van der Waals surface area (Å²) < 4.78 is 31.7. The normalized spacial score (nSPS) is 41.0. The van der Waals surface area contributed by atoms with E-state index in [2.05, 4.69) is 9.26 Å². The Morgan fingerprint density at radius 1 is 1.25 bits per heavy atom. The molecule has 0 aliphatic carbocycles. The first kappa shape index (κ1) is 13.9. The van der Waals surface area contributed by atoms with Gasteiger partial charge in [0.2, 0.25) is 0 Å². The van der Waals surface area contributed by atoms with Crippen molar-refractivity contribution in [1.82, 2.24) is 0 Å². The van der Waals surface area contributed by atoms with Crippen LogP contribution in [0.1, 0.15) is 0 Å². The van der Waals surface area contributed by atoms with E-state index in [1.807, 2.05) is 0 Å². The van der Waals surface area contributed by atoms with Crippen molar-refractivity contribution in [2.45, 2.75) is 30.8 Å². The van der Waals surface area contributed by atoms with Gasteiger partial charge in [-0.2, -0.15) is 0 Å². The van der Waals surface area contributed by atoms with Gasteiger partial charge in [-0.05, 0) is 0 Å². The number of aliphatic hydroxyl groups excluding tert-OH is 3. The van der Waals surface area contributed by atoms with Crippen LogP contribution in [0.5, 0.6) is 0 Å². The zero-order valence-electron chi connectivity index (χ0n) is 7.88. The lowest BCUT2D eigenvalue weighted by Crippen LogP contribution is -2.57. The lowest BCUT2D eigenvalue weighted by Gasteiger charge is -2.36. The second-order valence-electron chi connectivity index (χ2n) is 3.28. The van der Waals surface area contributed by atoms with Gasteiger partial charge in [0.15, 0.2) is 12.5 Å². The van der Waals surface area contributed by atoms with Crippen molar-refractivity contribution in [3.05, 3.63) is 0 Å². The zero-order chi connectivity index (χ0) is 12.5. The standard InChI is InChI=1S/C6H12FO8P/c7-3-5(9)4(8)2(15-6(3)10)1-14-16(11,12)13/h2-6,8-10H,1H2,(H2,11,12,13)/t2-,3-,4-,5-,6+/m1/s1. The summed E-state index contributed by atoms with van der Waals surface area (Å²) in [7, 11) is -4.76. The van der Waals surface area contributed by atoms with Crippen LogP contribution >= 0.6 is 7.82 Å². The summed E-state index contributed by atoms with van der Waals surface area (Å²) in [5.74, 6) is 0. The van der Waals surface area contributed by atoms with Crippen LogP contribution in [0.4, 0.5) is 4.39 Å². The van der Waals surface area contributed by atoms with E-state index in [0.717, 1.165) is 0 Å². The lowest BCUT2D eigenvalue weighted by molar-refractivity contribution is -0.270. The second-order valence-corrected chi connectivity index (χ2v) is 4.52. The van der Waals surface area contributed by atoms with E-state index in [1.54, 1.807) is 0 Å². The molecular formula is C6H12FO8P. The number of aliphatic hydroxyl groups is 3. The van der Waals surface area contributed by atoms with E-state index in [-0.39, 0.29) is 0 Å². The molecule has 0 saturated carbocycles. The molecule has 96 valence electrons. The number of ether oxygens (including phenoxy) is 1. The number of hydrogen-bond donors (Lipinski definition) is 5. The van der Waals surface area contributed by atoms with Gasteiger partial charge in [-0.3, -0.25) is 4.52 Å².